The van der Waals surface area contributed by atoms with E-state index in [-0.39, 0.29) is 0 Å². The van der Waals surface area contributed by atoms with Gasteiger partial charge in [0.15, 0.2) is 6.61 Å². The van der Waals surface area contributed by atoms with Crippen molar-refractivity contribution in [1.29, 1.82) is 0 Å². The zero-order valence-electron chi connectivity index (χ0n) is 10.3. The highest BCUT2D eigenvalue weighted by atomic mass is 19.4. The molecule has 0 aliphatic heterocycles. The van der Waals surface area contributed by atoms with Crippen molar-refractivity contribution in [3.05, 3.63) is 12.2 Å². The van der Waals surface area contributed by atoms with Gasteiger partial charge in [0.25, 0.3) is 0 Å². The van der Waals surface area contributed by atoms with Gasteiger partial charge in [-0.05, 0) is 0 Å². The van der Waals surface area contributed by atoms with Crippen LogP contribution < -0.4 is 0 Å². The first-order chi connectivity index (χ1) is 9.79. The molecule has 0 aromatic heterocycles. The Bertz CT molecular complexity index is 472. The van der Waals surface area contributed by atoms with Crippen molar-refractivity contribution in [2.75, 3.05) is 6.61 Å². The molecule has 0 saturated heterocycles. The third kappa shape index (κ3) is 4.02. The molecule has 0 radical (unpaired) electrons. The Hall–Kier alpha value is -1.63. The zero-order valence-corrected chi connectivity index (χ0v) is 10.3. The van der Waals surface area contributed by atoms with Crippen LogP contribution in [0.3, 0.4) is 0 Å². The van der Waals surface area contributed by atoms with Gasteiger partial charge in [-0.3, -0.25) is 0 Å². The second-order valence-corrected chi connectivity index (χ2v) is 3.90. The summed E-state index contributed by atoms with van der Waals surface area (Å²) in [6, 6.07) is 0. The summed E-state index contributed by atoms with van der Waals surface area (Å²) >= 11 is 0. The van der Waals surface area contributed by atoms with Gasteiger partial charge in [-0.2, -0.15) is 52.7 Å². The van der Waals surface area contributed by atoms with Gasteiger partial charge in [0.05, 0.1) is 0 Å². The summed E-state index contributed by atoms with van der Waals surface area (Å²) in [6.45, 7) is -1.15. The number of halogens is 12. The van der Waals surface area contributed by atoms with Crippen molar-refractivity contribution >= 4 is 5.97 Å². The highest BCUT2D eigenvalue weighted by Crippen LogP contribution is 2.53. The Morgan fingerprint density at radius 1 is 0.783 bits per heavy atom. The molecule has 0 atom stereocenters. The minimum absolute atomic E-state index is 2.02. The molecule has 0 spiro atoms. The average Bonchev–Trinajstić information content (AvgIpc) is 2.32. The van der Waals surface area contributed by atoms with Gasteiger partial charge >= 0.3 is 36.1 Å². The van der Waals surface area contributed by atoms with E-state index in [0.29, 0.717) is 0 Å². The van der Waals surface area contributed by atoms with E-state index >= 15 is 0 Å². The van der Waals surface area contributed by atoms with Crippen molar-refractivity contribution < 1.29 is 62.2 Å². The number of esters is 1. The van der Waals surface area contributed by atoms with E-state index in [1.54, 1.807) is 0 Å². The van der Waals surface area contributed by atoms with E-state index in [1.807, 2.05) is 6.58 Å². The molecule has 0 rings (SSSR count). The molecule has 0 aromatic carbocycles. The lowest BCUT2D eigenvalue weighted by Gasteiger charge is -2.33. The minimum atomic E-state index is -7.24. The largest absolute Gasteiger partial charge is 0.460 e. The lowest BCUT2D eigenvalue weighted by atomic mass is 10.0. The fraction of sp³-hybridized carbons (Fsp3) is 0.667. The first kappa shape index (κ1) is 21.4. The molecule has 0 saturated carbocycles. The van der Waals surface area contributed by atoms with Gasteiger partial charge in [-0.25, -0.2) is 4.79 Å². The molecule has 136 valence electrons. The summed E-state index contributed by atoms with van der Waals surface area (Å²) in [5.41, 5.74) is -2.46. The van der Waals surface area contributed by atoms with Crippen LogP contribution in [-0.4, -0.2) is 42.7 Å². The molecule has 0 aliphatic rings. The second kappa shape index (κ2) is 5.78. The SMILES string of the molecule is C=C(C(=O)OCC(F)(F)C(F)(F)C(F)(F)C(F)(F)F)C(F)(F)F. The monoisotopic (exact) mass is 372 g/mol. The van der Waals surface area contributed by atoms with Crippen LogP contribution in [0.4, 0.5) is 52.7 Å². The average molecular weight is 372 g/mol. The fourth-order valence-electron chi connectivity index (χ4n) is 0.857. The number of alkyl halides is 12. The number of hydrogen-bond acceptors (Lipinski definition) is 2. The molecular formula is C9H4F12O2. The Morgan fingerprint density at radius 2 is 1.17 bits per heavy atom. The lowest BCUT2D eigenvalue weighted by molar-refractivity contribution is -0.398. The molecule has 2 nitrogen and oxygen atoms in total. The second-order valence-electron chi connectivity index (χ2n) is 3.90. The van der Waals surface area contributed by atoms with Crippen LogP contribution >= 0.6 is 0 Å². The Morgan fingerprint density at radius 3 is 1.48 bits per heavy atom. The maximum absolute atomic E-state index is 12.8. The molecule has 0 aromatic rings. The summed E-state index contributed by atoms with van der Waals surface area (Å²) in [5.74, 6) is -23.4. The molecule has 0 N–H and O–H groups in total. The smallest absolute Gasteiger partial charge is 0.455 e. The van der Waals surface area contributed by atoms with Crippen LogP contribution in [0, 0.1) is 0 Å². The third-order valence-corrected chi connectivity index (χ3v) is 2.18. The molecule has 14 heteroatoms. The van der Waals surface area contributed by atoms with Crippen LogP contribution in [0.2, 0.25) is 0 Å². The summed E-state index contributed by atoms with van der Waals surface area (Å²) in [5, 5.41) is 0. The van der Waals surface area contributed by atoms with Crippen LogP contribution in [-0.2, 0) is 9.53 Å². The van der Waals surface area contributed by atoms with Crippen LogP contribution in [0.15, 0.2) is 12.2 Å². The third-order valence-electron chi connectivity index (χ3n) is 2.18. The van der Waals surface area contributed by atoms with Crippen molar-refractivity contribution in [1.82, 2.24) is 0 Å². The fourth-order valence-corrected chi connectivity index (χ4v) is 0.857. The van der Waals surface area contributed by atoms with Crippen LogP contribution in [0.25, 0.3) is 0 Å². The quantitative estimate of drug-likeness (QED) is 0.413. The normalized spacial score (nSPS) is 14.6. The molecule has 0 amide bonds. The molecule has 23 heavy (non-hydrogen) atoms. The van der Waals surface area contributed by atoms with E-state index < -0.39 is 48.3 Å². The molecule has 0 bridgehead atoms. The first-order valence-corrected chi connectivity index (χ1v) is 4.92. The summed E-state index contributed by atoms with van der Waals surface area (Å²) in [6.07, 6.45) is -12.6. The highest BCUT2D eigenvalue weighted by Gasteiger charge is 2.82. The predicted octanol–water partition coefficient (Wildman–Crippen LogP) is 4.12. The van der Waals surface area contributed by atoms with Gasteiger partial charge < -0.3 is 4.74 Å². The minimum Gasteiger partial charge on any atom is -0.455 e. The Kier molecular flexibility index (Phi) is 5.37. The molecular weight excluding hydrogens is 368 g/mol. The van der Waals surface area contributed by atoms with Crippen LogP contribution in [0.1, 0.15) is 0 Å². The Balaban J connectivity index is 5.29. The maximum Gasteiger partial charge on any atom is 0.460 e. The van der Waals surface area contributed by atoms with Crippen molar-refractivity contribution in [3.8, 4) is 0 Å². The van der Waals surface area contributed by atoms with Gasteiger partial charge in [-0.15, -0.1) is 0 Å². The highest BCUT2D eigenvalue weighted by molar-refractivity contribution is 5.89. The van der Waals surface area contributed by atoms with E-state index in [2.05, 4.69) is 4.74 Å². The molecule has 0 unspecified atom stereocenters. The van der Waals surface area contributed by atoms with Crippen molar-refractivity contribution in [3.63, 3.8) is 0 Å². The molecule has 0 fully saturated rings. The number of rotatable bonds is 5. The standard InChI is InChI=1S/C9H4F12O2/c1-3(6(12,13)14)4(22)23-2-5(10,11)7(15,16)8(17,18)9(19,20)21/h1-2H2. The van der Waals surface area contributed by atoms with Crippen molar-refractivity contribution in [2.45, 2.75) is 30.1 Å². The van der Waals surface area contributed by atoms with E-state index in [9.17, 15) is 57.5 Å². The maximum atomic E-state index is 12.8. The summed E-state index contributed by atoms with van der Waals surface area (Å²) in [4.78, 5) is 10.6. The number of hydrogen-bond donors (Lipinski definition) is 0. The van der Waals surface area contributed by atoms with Gasteiger partial charge in [0.1, 0.15) is 5.57 Å². The zero-order chi connectivity index (χ0) is 19.1. The molecule has 0 heterocycles. The summed E-state index contributed by atoms with van der Waals surface area (Å²) < 4.78 is 150. The first-order valence-electron chi connectivity index (χ1n) is 4.92. The van der Waals surface area contributed by atoms with Crippen LogP contribution in [0.5, 0.6) is 0 Å². The Labute approximate surface area is 118 Å². The van der Waals surface area contributed by atoms with Crippen molar-refractivity contribution in [2.24, 2.45) is 0 Å². The number of carbonyl (C=O) groups is 1. The lowest BCUT2D eigenvalue weighted by Crippen LogP contribution is -2.62. The van der Waals surface area contributed by atoms with E-state index in [4.69, 9.17) is 0 Å². The number of carbonyl (C=O) groups excluding carboxylic acids is 1. The predicted molar refractivity (Wildman–Crippen MR) is 47.0 cm³/mol. The van der Waals surface area contributed by atoms with Gasteiger partial charge in [-0.1, -0.05) is 6.58 Å². The van der Waals surface area contributed by atoms with Gasteiger partial charge in [0, 0.05) is 0 Å². The molecule has 0 aliphatic carbocycles. The van der Waals surface area contributed by atoms with E-state index in [0.717, 1.165) is 0 Å². The number of ether oxygens (including phenoxy) is 1. The summed E-state index contributed by atoms with van der Waals surface area (Å²) in [7, 11) is 0. The topological polar surface area (TPSA) is 26.3 Å². The van der Waals surface area contributed by atoms with E-state index in [1.165, 1.54) is 0 Å². The van der Waals surface area contributed by atoms with Gasteiger partial charge in [0.2, 0.25) is 0 Å².